The third-order valence-electron chi connectivity index (χ3n) is 4.16. The minimum absolute atomic E-state index is 0.782. The molecule has 0 fully saturated rings. The number of hydrogen-bond donors (Lipinski definition) is 0. The highest BCUT2D eigenvalue weighted by molar-refractivity contribution is 6.30. The quantitative estimate of drug-likeness (QED) is 0.464. The Morgan fingerprint density at radius 1 is 0.909 bits per heavy atom. The molecule has 0 aliphatic carbocycles. The second kappa shape index (κ2) is 7.02. The van der Waals surface area contributed by atoms with Crippen LogP contribution in [0.3, 0.4) is 0 Å². The molecule has 0 radical (unpaired) electrons. The minimum Gasteiger partial charge on any atom is -0.314 e. The van der Waals surface area contributed by atoms with Crippen molar-refractivity contribution < 1.29 is 0 Å². The lowest BCUT2D eigenvalue weighted by atomic mass is 10.1. The number of para-hydroxylation sites is 1. The van der Waals surface area contributed by atoms with Crippen molar-refractivity contribution in [3.05, 3.63) is 65.3 Å². The molecule has 0 N–H and O–H groups in total. The Kier molecular flexibility index (Phi) is 4.84. The van der Waals surface area contributed by atoms with Gasteiger partial charge in [-0.15, -0.1) is 0 Å². The SMILES string of the molecule is CCCCCCc1cc2ccccc2n1-c1ccc(Cl)cc1. The van der Waals surface area contributed by atoms with Crippen molar-refractivity contribution >= 4 is 22.5 Å². The first-order valence-electron chi connectivity index (χ1n) is 8.15. The molecule has 22 heavy (non-hydrogen) atoms. The summed E-state index contributed by atoms with van der Waals surface area (Å²) in [4.78, 5) is 0. The molecule has 0 aliphatic rings. The summed E-state index contributed by atoms with van der Waals surface area (Å²) in [5.41, 5.74) is 3.85. The smallest absolute Gasteiger partial charge is 0.0531 e. The van der Waals surface area contributed by atoms with Crippen LogP contribution in [0.5, 0.6) is 0 Å². The molecule has 1 nitrogen and oxygen atoms in total. The first-order chi connectivity index (χ1) is 10.8. The predicted octanol–water partition coefficient (Wildman–Crippen LogP) is 6.41. The minimum atomic E-state index is 0.782. The van der Waals surface area contributed by atoms with E-state index >= 15 is 0 Å². The Balaban J connectivity index is 1.99. The largest absolute Gasteiger partial charge is 0.314 e. The second-order valence-electron chi connectivity index (χ2n) is 5.82. The topological polar surface area (TPSA) is 4.93 Å². The van der Waals surface area contributed by atoms with Crippen molar-refractivity contribution in [3.63, 3.8) is 0 Å². The molecule has 3 rings (SSSR count). The van der Waals surface area contributed by atoms with Gasteiger partial charge in [-0.2, -0.15) is 0 Å². The van der Waals surface area contributed by atoms with Crippen LogP contribution in [0.1, 0.15) is 38.3 Å². The molecule has 0 amide bonds. The number of unbranched alkanes of at least 4 members (excludes halogenated alkanes) is 3. The highest BCUT2D eigenvalue weighted by Crippen LogP contribution is 2.26. The number of aromatic nitrogens is 1. The number of nitrogens with zero attached hydrogens (tertiary/aromatic N) is 1. The van der Waals surface area contributed by atoms with Crippen LogP contribution in [0, 0.1) is 0 Å². The number of halogens is 1. The van der Waals surface area contributed by atoms with Gasteiger partial charge in [0.25, 0.3) is 0 Å². The first kappa shape index (κ1) is 15.2. The van der Waals surface area contributed by atoms with Crippen molar-refractivity contribution in [2.45, 2.75) is 39.0 Å². The summed E-state index contributed by atoms with van der Waals surface area (Å²) in [5.74, 6) is 0. The van der Waals surface area contributed by atoms with E-state index in [0.29, 0.717) is 0 Å². The lowest BCUT2D eigenvalue weighted by Crippen LogP contribution is -2.00. The van der Waals surface area contributed by atoms with Crippen LogP contribution >= 0.6 is 11.6 Å². The molecule has 114 valence electrons. The Morgan fingerprint density at radius 3 is 2.45 bits per heavy atom. The zero-order valence-electron chi connectivity index (χ0n) is 13.1. The number of benzene rings is 2. The van der Waals surface area contributed by atoms with Crippen molar-refractivity contribution in [2.75, 3.05) is 0 Å². The number of fused-ring (bicyclic) bond motifs is 1. The Labute approximate surface area is 137 Å². The Morgan fingerprint density at radius 2 is 1.68 bits per heavy atom. The molecule has 1 aromatic heterocycles. The molecule has 0 aliphatic heterocycles. The maximum Gasteiger partial charge on any atom is 0.0531 e. The van der Waals surface area contributed by atoms with Crippen molar-refractivity contribution in [2.24, 2.45) is 0 Å². The van der Waals surface area contributed by atoms with Crippen molar-refractivity contribution in [1.82, 2.24) is 4.57 Å². The lowest BCUT2D eigenvalue weighted by Gasteiger charge is -2.11. The summed E-state index contributed by atoms with van der Waals surface area (Å²) in [6.07, 6.45) is 6.27. The van der Waals surface area contributed by atoms with Crippen LogP contribution in [0.15, 0.2) is 54.6 Å². The van der Waals surface area contributed by atoms with Crippen molar-refractivity contribution in [3.8, 4) is 5.69 Å². The molecule has 0 spiro atoms. The molecule has 1 heterocycles. The summed E-state index contributed by atoms with van der Waals surface area (Å²) in [5, 5.41) is 2.09. The molecular formula is C20H22ClN. The van der Waals surface area contributed by atoms with Gasteiger partial charge >= 0.3 is 0 Å². The number of aryl methyl sites for hydroxylation is 1. The molecule has 0 saturated carbocycles. The molecule has 2 heteroatoms. The van der Waals surface area contributed by atoms with E-state index in [0.717, 1.165) is 11.4 Å². The Bertz CT molecular complexity index is 740. The third kappa shape index (κ3) is 3.20. The van der Waals surface area contributed by atoms with Gasteiger partial charge < -0.3 is 4.57 Å². The lowest BCUT2D eigenvalue weighted by molar-refractivity contribution is 0.657. The zero-order valence-corrected chi connectivity index (χ0v) is 13.8. The van der Waals surface area contributed by atoms with E-state index in [4.69, 9.17) is 11.6 Å². The van der Waals surface area contributed by atoms with Gasteiger partial charge in [-0.05, 0) is 49.2 Å². The third-order valence-corrected chi connectivity index (χ3v) is 4.41. The average Bonchev–Trinajstić information content (AvgIpc) is 2.91. The molecule has 0 atom stereocenters. The van der Waals surface area contributed by atoms with Crippen LogP contribution in [-0.4, -0.2) is 4.57 Å². The van der Waals surface area contributed by atoms with Gasteiger partial charge in [0.2, 0.25) is 0 Å². The number of rotatable bonds is 6. The molecular weight excluding hydrogens is 290 g/mol. The van der Waals surface area contributed by atoms with Gasteiger partial charge in [0, 0.05) is 21.8 Å². The standard InChI is InChI=1S/C20H22ClN/c1-2-3-4-5-9-19-15-16-8-6-7-10-20(16)22(19)18-13-11-17(21)12-14-18/h6-8,10-15H,2-5,9H2,1H3. The van der Waals surface area contributed by atoms with Gasteiger partial charge in [-0.25, -0.2) is 0 Å². The molecule has 0 bridgehead atoms. The van der Waals surface area contributed by atoms with Crippen LogP contribution in [-0.2, 0) is 6.42 Å². The van der Waals surface area contributed by atoms with E-state index in [1.165, 1.54) is 48.0 Å². The molecule has 0 saturated heterocycles. The van der Waals surface area contributed by atoms with E-state index in [-0.39, 0.29) is 0 Å². The van der Waals surface area contributed by atoms with Gasteiger partial charge in [-0.3, -0.25) is 0 Å². The zero-order chi connectivity index (χ0) is 15.4. The van der Waals surface area contributed by atoms with Gasteiger partial charge in [0.05, 0.1) is 5.52 Å². The highest BCUT2D eigenvalue weighted by atomic mass is 35.5. The van der Waals surface area contributed by atoms with E-state index in [2.05, 4.69) is 54.0 Å². The summed E-state index contributed by atoms with van der Waals surface area (Å²) in [7, 11) is 0. The fraction of sp³-hybridized carbons (Fsp3) is 0.300. The number of hydrogen-bond acceptors (Lipinski definition) is 0. The second-order valence-corrected chi connectivity index (χ2v) is 6.25. The molecule has 3 aromatic rings. The highest BCUT2D eigenvalue weighted by Gasteiger charge is 2.10. The Hall–Kier alpha value is -1.73. The van der Waals surface area contributed by atoms with Crippen LogP contribution in [0.4, 0.5) is 0 Å². The van der Waals surface area contributed by atoms with E-state index in [9.17, 15) is 0 Å². The average molecular weight is 312 g/mol. The van der Waals surface area contributed by atoms with Crippen LogP contribution in [0.2, 0.25) is 5.02 Å². The summed E-state index contributed by atoms with van der Waals surface area (Å²) < 4.78 is 2.37. The monoisotopic (exact) mass is 311 g/mol. The van der Waals surface area contributed by atoms with E-state index in [1.54, 1.807) is 0 Å². The van der Waals surface area contributed by atoms with Crippen molar-refractivity contribution in [1.29, 1.82) is 0 Å². The fourth-order valence-electron chi connectivity index (χ4n) is 3.02. The van der Waals surface area contributed by atoms with Crippen LogP contribution < -0.4 is 0 Å². The molecule has 2 aromatic carbocycles. The first-order valence-corrected chi connectivity index (χ1v) is 8.52. The predicted molar refractivity (Wildman–Crippen MR) is 96.1 cm³/mol. The summed E-state index contributed by atoms with van der Waals surface area (Å²) in [6, 6.07) is 19.1. The van der Waals surface area contributed by atoms with E-state index < -0.39 is 0 Å². The summed E-state index contributed by atoms with van der Waals surface area (Å²) in [6.45, 7) is 2.25. The normalized spacial score (nSPS) is 11.2. The van der Waals surface area contributed by atoms with Gasteiger partial charge in [0.15, 0.2) is 0 Å². The van der Waals surface area contributed by atoms with Gasteiger partial charge in [0.1, 0.15) is 0 Å². The maximum absolute atomic E-state index is 6.04. The summed E-state index contributed by atoms with van der Waals surface area (Å²) >= 11 is 6.04. The van der Waals surface area contributed by atoms with Crippen LogP contribution in [0.25, 0.3) is 16.6 Å². The van der Waals surface area contributed by atoms with E-state index in [1.807, 2.05) is 12.1 Å². The maximum atomic E-state index is 6.04. The molecule has 0 unspecified atom stereocenters. The van der Waals surface area contributed by atoms with Gasteiger partial charge in [-0.1, -0.05) is 56.0 Å². The fourth-order valence-corrected chi connectivity index (χ4v) is 3.15.